The third kappa shape index (κ3) is 3.19. The van der Waals surface area contributed by atoms with Crippen molar-refractivity contribution < 1.29 is 19.0 Å². The minimum absolute atomic E-state index is 0.164. The minimum atomic E-state index is -0.767. The predicted octanol–water partition coefficient (Wildman–Crippen LogP) is 3.05. The zero-order valence-corrected chi connectivity index (χ0v) is 13.2. The van der Waals surface area contributed by atoms with Gasteiger partial charge in [-0.2, -0.15) is 0 Å². The van der Waals surface area contributed by atoms with E-state index in [1.54, 1.807) is 36.4 Å². The van der Waals surface area contributed by atoms with Gasteiger partial charge in [0.05, 0.1) is 0 Å². The number of ether oxygens (including phenoxy) is 3. The number of rotatable bonds is 2. The van der Waals surface area contributed by atoms with Gasteiger partial charge < -0.3 is 19.2 Å². The molecule has 4 rings (SSSR count). The SMILES string of the molecule is O=C(Oc1ccccc1)OC1COc2ccc3[nH]c(=O)ccc3c2C1. The van der Waals surface area contributed by atoms with Gasteiger partial charge in [-0.25, -0.2) is 4.79 Å². The van der Waals surface area contributed by atoms with E-state index in [-0.39, 0.29) is 12.2 Å². The van der Waals surface area contributed by atoms with E-state index in [9.17, 15) is 9.59 Å². The van der Waals surface area contributed by atoms with Crippen molar-refractivity contribution in [3.63, 3.8) is 0 Å². The van der Waals surface area contributed by atoms with Crippen molar-refractivity contribution in [1.82, 2.24) is 4.98 Å². The maximum atomic E-state index is 12.0. The number of H-pyrrole nitrogens is 1. The molecule has 6 nitrogen and oxygen atoms in total. The Morgan fingerprint density at radius 1 is 1.08 bits per heavy atom. The van der Waals surface area contributed by atoms with Crippen LogP contribution in [0.1, 0.15) is 5.56 Å². The first-order valence-electron chi connectivity index (χ1n) is 7.90. The van der Waals surface area contributed by atoms with Gasteiger partial charge in [-0.3, -0.25) is 4.79 Å². The van der Waals surface area contributed by atoms with Gasteiger partial charge in [0.1, 0.15) is 24.2 Å². The molecule has 0 saturated carbocycles. The monoisotopic (exact) mass is 337 g/mol. The summed E-state index contributed by atoms with van der Waals surface area (Å²) in [7, 11) is 0. The Hall–Kier alpha value is -3.28. The molecule has 0 aliphatic carbocycles. The van der Waals surface area contributed by atoms with Crippen LogP contribution in [0.25, 0.3) is 10.9 Å². The third-order valence-electron chi connectivity index (χ3n) is 4.04. The number of hydrogen-bond acceptors (Lipinski definition) is 5. The molecule has 1 N–H and O–H groups in total. The third-order valence-corrected chi connectivity index (χ3v) is 4.04. The average Bonchev–Trinajstić information content (AvgIpc) is 2.62. The number of nitrogens with one attached hydrogen (secondary N) is 1. The highest BCUT2D eigenvalue weighted by Gasteiger charge is 2.25. The van der Waals surface area contributed by atoms with Crippen LogP contribution in [0.3, 0.4) is 0 Å². The molecular formula is C19H15NO5. The highest BCUT2D eigenvalue weighted by atomic mass is 16.7. The minimum Gasteiger partial charge on any atom is -0.489 e. The van der Waals surface area contributed by atoms with Crippen molar-refractivity contribution in [1.29, 1.82) is 0 Å². The van der Waals surface area contributed by atoms with Gasteiger partial charge in [-0.1, -0.05) is 18.2 Å². The van der Waals surface area contributed by atoms with Crippen molar-refractivity contribution in [3.05, 3.63) is 70.5 Å². The summed E-state index contributed by atoms with van der Waals surface area (Å²) in [5.74, 6) is 1.16. The van der Waals surface area contributed by atoms with Crippen molar-refractivity contribution in [2.45, 2.75) is 12.5 Å². The van der Waals surface area contributed by atoms with E-state index in [2.05, 4.69) is 4.98 Å². The molecule has 6 heteroatoms. The van der Waals surface area contributed by atoms with Crippen LogP contribution in [-0.2, 0) is 11.2 Å². The van der Waals surface area contributed by atoms with Gasteiger partial charge in [0.15, 0.2) is 0 Å². The number of hydrogen-bond donors (Lipinski definition) is 1. The number of fused-ring (bicyclic) bond motifs is 3. The van der Waals surface area contributed by atoms with Crippen LogP contribution in [0, 0.1) is 0 Å². The molecule has 1 aromatic heterocycles. The molecule has 0 spiro atoms. The van der Waals surface area contributed by atoms with Crippen LogP contribution in [0.4, 0.5) is 4.79 Å². The number of aromatic amines is 1. The Morgan fingerprint density at radius 2 is 1.92 bits per heavy atom. The second-order valence-electron chi connectivity index (χ2n) is 5.75. The van der Waals surface area contributed by atoms with Crippen molar-refractivity contribution in [2.24, 2.45) is 0 Å². The van der Waals surface area contributed by atoms with E-state index in [1.165, 1.54) is 6.07 Å². The molecule has 0 bridgehead atoms. The van der Waals surface area contributed by atoms with E-state index < -0.39 is 12.3 Å². The number of pyridine rings is 1. The van der Waals surface area contributed by atoms with Crippen LogP contribution in [0.15, 0.2) is 59.4 Å². The standard InChI is InChI=1S/C19H15NO5/c21-18-9-6-14-15-10-13(11-23-17(15)8-7-16(14)20-18)25-19(22)24-12-4-2-1-3-5-12/h1-9,13H,10-11H2,(H,20,21). The molecule has 0 radical (unpaired) electrons. The Balaban J connectivity index is 1.52. The number of benzene rings is 2. The Bertz CT molecular complexity index is 980. The molecule has 2 aromatic carbocycles. The number of aromatic nitrogens is 1. The number of para-hydroxylation sites is 1. The summed E-state index contributed by atoms with van der Waals surface area (Å²) in [6, 6.07) is 15.6. The predicted molar refractivity (Wildman–Crippen MR) is 91.1 cm³/mol. The van der Waals surface area contributed by atoms with Gasteiger partial charge in [0.2, 0.25) is 5.56 Å². The van der Waals surface area contributed by atoms with E-state index in [0.717, 1.165) is 22.2 Å². The Kier molecular flexibility index (Phi) is 3.85. The lowest BCUT2D eigenvalue weighted by atomic mass is 9.99. The molecule has 126 valence electrons. The lowest BCUT2D eigenvalue weighted by Crippen LogP contribution is -2.32. The molecule has 1 aliphatic heterocycles. The van der Waals surface area contributed by atoms with Gasteiger partial charge in [0, 0.05) is 29.0 Å². The lowest BCUT2D eigenvalue weighted by Gasteiger charge is -2.25. The second kappa shape index (κ2) is 6.32. The first-order valence-corrected chi connectivity index (χ1v) is 7.90. The fourth-order valence-electron chi connectivity index (χ4n) is 2.91. The van der Waals surface area contributed by atoms with Crippen LogP contribution >= 0.6 is 0 Å². The molecule has 3 aromatic rings. The van der Waals surface area contributed by atoms with Gasteiger partial charge in [0.25, 0.3) is 0 Å². The topological polar surface area (TPSA) is 77.6 Å². The van der Waals surface area contributed by atoms with Crippen molar-refractivity contribution >= 4 is 17.1 Å². The van der Waals surface area contributed by atoms with E-state index in [1.807, 2.05) is 12.1 Å². The van der Waals surface area contributed by atoms with Crippen LogP contribution < -0.4 is 15.0 Å². The van der Waals surface area contributed by atoms with Gasteiger partial charge >= 0.3 is 6.16 Å². The summed E-state index contributed by atoms with van der Waals surface area (Å²) >= 11 is 0. The largest absolute Gasteiger partial charge is 0.514 e. The molecule has 1 aliphatic rings. The van der Waals surface area contributed by atoms with Crippen molar-refractivity contribution in [2.75, 3.05) is 6.61 Å². The molecule has 2 heterocycles. The summed E-state index contributed by atoms with van der Waals surface area (Å²) in [5.41, 5.74) is 1.46. The van der Waals surface area contributed by atoms with Gasteiger partial charge in [-0.15, -0.1) is 0 Å². The quantitative estimate of drug-likeness (QED) is 0.574. The second-order valence-corrected chi connectivity index (χ2v) is 5.75. The van der Waals surface area contributed by atoms with Crippen LogP contribution in [0.5, 0.6) is 11.5 Å². The maximum Gasteiger partial charge on any atom is 0.514 e. The molecule has 0 saturated heterocycles. The molecule has 1 unspecified atom stereocenters. The van der Waals surface area contributed by atoms with E-state index in [0.29, 0.717) is 12.2 Å². The van der Waals surface area contributed by atoms with Crippen LogP contribution in [0.2, 0.25) is 0 Å². The first kappa shape index (κ1) is 15.3. The van der Waals surface area contributed by atoms with E-state index in [4.69, 9.17) is 14.2 Å². The zero-order chi connectivity index (χ0) is 17.2. The number of carbonyl (C=O) groups excluding carboxylic acids is 1. The zero-order valence-electron chi connectivity index (χ0n) is 13.2. The molecule has 0 amide bonds. The lowest BCUT2D eigenvalue weighted by molar-refractivity contribution is 0.0282. The molecule has 1 atom stereocenters. The average molecular weight is 337 g/mol. The smallest absolute Gasteiger partial charge is 0.489 e. The first-order chi connectivity index (χ1) is 12.2. The van der Waals surface area contributed by atoms with Crippen LogP contribution in [-0.4, -0.2) is 23.9 Å². The number of carbonyl (C=O) groups is 1. The maximum absolute atomic E-state index is 12.0. The summed E-state index contributed by atoms with van der Waals surface area (Å²) < 4.78 is 16.2. The summed E-state index contributed by atoms with van der Waals surface area (Å²) in [6.07, 6.45) is -0.735. The fraction of sp³-hybridized carbons (Fsp3) is 0.158. The highest BCUT2D eigenvalue weighted by Crippen LogP contribution is 2.31. The van der Waals surface area contributed by atoms with E-state index >= 15 is 0 Å². The summed E-state index contributed by atoms with van der Waals surface area (Å²) in [5, 5.41) is 0.877. The fourth-order valence-corrected chi connectivity index (χ4v) is 2.91. The summed E-state index contributed by atoms with van der Waals surface area (Å²) in [4.78, 5) is 26.2. The van der Waals surface area contributed by atoms with Crippen molar-refractivity contribution in [3.8, 4) is 11.5 Å². The normalized spacial score (nSPS) is 15.9. The molecule has 25 heavy (non-hydrogen) atoms. The molecule has 0 fully saturated rings. The molecular weight excluding hydrogens is 322 g/mol. The Labute approximate surface area is 143 Å². The summed E-state index contributed by atoms with van der Waals surface area (Å²) in [6.45, 7) is 0.256. The van der Waals surface area contributed by atoms with Gasteiger partial charge in [-0.05, 0) is 30.3 Å². The Morgan fingerprint density at radius 3 is 2.76 bits per heavy atom. The highest BCUT2D eigenvalue weighted by molar-refractivity contribution is 5.84.